The van der Waals surface area contributed by atoms with E-state index in [1.165, 1.54) is 29.0 Å². The number of carbonyl (C=O) groups excluding carboxylic acids is 1. The van der Waals surface area contributed by atoms with E-state index in [0.717, 1.165) is 29.0 Å². The molecule has 2 nitrogen and oxygen atoms in total. The lowest BCUT2D eigenvalue weighted by atomic mass is 9.99. The van der Waals surface area contributed by atoms with Gasteiger partial charge < -0.3 is 4.74 Å². The van der Waals surface area contributed by atoms with Crippen molar-refractivity contribution in [3.05, 3.63) is 66.7 Å². The molecule has 0 aliphatic rings. The summed E-state index contributed by atoms with van der Waals surface area (Å²) in [6.07, 6.45) is 4.79. The van der Waals surface area contributed by atoms with Gasteiger partial charge in [-0.15, -0.1) is 0 Å². The summed E-state index contributed by atoms with van der Waals surface area (Å²) in [5.41, 5.74) is 0. The van der Waals surface area contributed by atoms with E-state index >= 15 is 0 Å². The molecule has 0 radical (unpaired) electrons. The molecule has 136 valence electrons. The Morgan fingerprint density at radius 2 is 1.41 bits per heavy atom. The van der Waals surface area contributed by atoms with Crippen LogP contribution in [0.1, 0.15) is 39.0 Å². The largest absolute Gasteiger partial charge is 0.426 e. The molecule has 0 amide bonds. The Labute approximate surface area is 159 Å². The van der Waals surface area contributed by atoms with Gasteiger partial charge in [-0.1, -0.05) is 62.6 Å². The molecule has 27 heavy (non-hydrogen) atoms. The lowest BCUT2D eigenvalue weighted by Crippen LogP contribution is -2.07. The van der Waals surface area contributed by atoms with Crippen molar-refractivity contribution in [1.82, 2.24) is 0 Å². The summed E-state index contributed by atoms with van der Waals surface area (Å²) in [4.78, 5) is 12.2. The number of hydrogen-bond acceptors (Lipinski definition) is 2. The molecule has 0 saturated carbocycles. The molecular weight excluding hydrogens is 332 g/mol. The molecular formula is C25H24O2. The van der Waals surface area contributed by atoms with E-state index in [9.17, 15) is 4.79 Å². The first-order chi connectivity index (χ1) is 13.2. The van der Waals surface area contributed by atoms with Gasteiger partial charge in [0.2, 0.25) is 0 Å². The smallest absolute Gasteiger partial charge is 0.311 e. The van der Waals surface area contributed by atoms with E-state index in [4.69, 9.17) is 4.74 Å². The Balaban J connectivity index is 1.68. The molecule has 0 N–H and O–H groups in total. The zero-order valence-corrected chi connectivity index (χ0v) is 15.7. The highest BCUT2D eigenvalue weighted by molar-refractivity contribution is 6.06. The second kappa shape index (κ2) is 7.79. The van der Waals surface area contributed by atoms with E-state index in [1.54, 1.807) is 0 Å². The van der Waals surface area contributed by atoms with Gasteiger partial charge in [-0.25, -0.2) is 0 Å². The highest BCUT2D eigenvalue weighted by Crippen LogP contribution is 2.32. The van der Waals surface area contributed by atoms with Crippen molar-refractivity contribution in [3.8, 4) is 5.75 Å². The average molecular weight is 356 g/mol. The van der Waals surface area contributed by atoms with E-state index in [-0.39, 0.29) is 5.97 Å². The maximum atomic E-state index is 12.2. The van der Waals surface area contributed by atoms with Crippen LogP contribution in [0.5, 0.6) is 5.75 Å². The summed E-state index contributed by atoms with van der Waals surface area (Å²) in [7, 11) is 0. The van der Waals surface area contributed by atoms with Crippen LogP contribution in [0.15, 0.2) is 66.7 Å². The van der Waals surface area contributed by atoms with Gasteiger partial charge in [-0.2, -0.15) is 0 Å². The number of benzene rings is 4. The highest BCUT2D eigenvalue weighted by atomic mass is 16.5. The monoisotopic (exact) mass is 356 g/mol. The highest BCUT2D eigenvalue weighted by Gasteiger charge is 2.09. The van der Waals surface area contributed by atoms with Crippen LogP contribution in [0.3, 0.4) is 0 Å². The third-order valence-electron chi connectivity index (χ3n) is 5.12. The minimum Gasteiger partial charge on any atom is -0.426 e. The van der Waals surface area contributed by atoms with Crippen molar-refractivity contribution in [3.63, 3.8) is 0 Å². The van der Waals surface area contributed by atoms with Gasteiger partial charge in [0.05, 0.1) is 0 Å². The van der Waals surface area contributed by atoms with Crippen LogP contribution in [-0.4, -0.2) is 5.97 Å². The fourth-order valence-corrected chi connectivity index (χ4v) is 3.65. The third-order valence-corrected chi connectivity index (χ3v) is 5.12. The van der Waals surface area contributed by atoms with Crippen molar-refractivity contribution in [2.45, 2.75) is 39.0 Å². The molecule has 0 aliphatic carbocycles. The van der Waals surface area contributed by atoms with Gasteiger partial charge >= 0.3 is 5.97 Å². The first kappa shape index (κ1) is 17.5. The van der Waals surface area contributed by atoms with E-state index in [2.05, 4.69) is 61.5 Å². The van der Waals surface area contributed by atoms with Gasteiger partial charge in [0.15, 0.2) is 0 Å². The van der Waals surface area contributed by atoms with E-state index < -0.39 is 0 Å². The van der Waals surface area contributed by atoms with Gasteiger partial charge in [-0.3, -0.25) is 4.79 Å². The predicted octanol–water partition coefficient (Wildman–Crippen LogP) is 7.02. The van der Waals surface area contributed by atoms with Gasteiger partial charge in [0.25, 0.3) is 0 Å². The number of ether oxygens (including phenoxy) is 1. The van der Waals surface area contributed by atoms with Crippen LogP contribution in [0.4, 0.5) is 0 Å². The first-order valence-electron chi connectivity index (χ1n) is 9.80. The topological polar surface area (TPSA) is 26.3 Å². The quantitative estimate of drug-likeness (QED) is 0.160. The minimum absolute atomic E-state index is 0.141. The van der Waals surface area contributed by atoms with Crippen LogP contribution >= 0.6 is 0 Å². The molecule has 0 unspecified atom stereocenters. The van der Waals surface area contributed by atoms with Crippen LogP contribution in [-0.2, 0) is 4.79 Å². The van der Waals surface area contributed by atoms with E-state index in [0.29, 0.717) is 12.2 Å². The Hall–Kier alpha value is -2.87. The molecule has 0 aromatic heterocycles. The van der Waals surface area contributed by atoms with Crippen molar-refractivity contribution in [2.24, 2.45) is 0 Å². The molecule has 4 rings (SSSR count). The van der Waals surface area contributed by atoms with Crippen LogP contribution in [0.25, 0.3) is 32.3 Å². The number of fused-ring (bicyclic) bond motifs is 3. The van der Waals surface area contributed by atoms with Gasteiger partial charge in [0, 0.05) is 11.8 Å². The van der Waals surface area contributed by atoms with Crippen molar-refractivity contribution in [1.29, 1.82) is 0 Å². The first-order valence-corrected chi connectivity index (χ1v) is 9.80. The number of unbranched alkanes of at least 4 members (excludes halogenated alkanes) is 3. The normalized spacial score (nSPS) is 11.3. The second-order valence-corrected chi connectivity index (χ2v) is 7.16. The number of esters is 1. The van der Waals surface area contributed by atoms with Crippen molar-refractivity contribution >= 4 is 38.3 Å². The number of carbonyl (C=O) groups is 1. The molecule has 0 saturated heterocycles. The fourth-order valence-electron chi connectivity index (χ4n) is 3.65. The zero-order chi connectivity index (χ0) is 18.6. The Morgan fingerprint density at radius 3 is 2.15 bits per heavy atom. The molecule has 0 heterocycles. The predicted molar refractivity (Wildman–Crippen MR) is 113 cm³/mol. The molecule has 0 aliphatic heterocycles. The maximum absolute atomic E-state index is 12.2. The van der Waals surface area contributed by atoms with Crippen molar-refractivity contribution in [2.75, 3.05) is 0 Å². The molecule has 0 fully saturated rings. The van der Waals surface area contributed by atoms with E-state index in [1.807, 2.05) is 12.1 Å². The SMILES string of the molecule is CCCCCCC(=O)Oc1cccc2cc3cc4ccccc4cc3cc12. The van der Waals surface area contributed by atoms with Crippen molar-refractivity contribution < 1.29 is 9.53 Å². The Kier molecular flexibility index (Phi) is 5.06. The molecule has 4 aromatic rings. The third kappa shape index (κ3) is 3.80. The standard InChI is InChI=1S/C25H24O2/c1-2-3-4-5-13-25(26)27-24-12-8-11-20-16-21-14-18-9-6-7-10-19(18)15-22(21)17-23(20)24/h6-12,14-17H,2-5,13H2,1H3. The zero-order valence-electron chi connectivity index (χ0n) is 15.7. The Bertz CT molecular complexity index is 1110. The molecule has 2 heteroatoms. The fraction of sp³-hybridized carbons (Fsp3) is 0.240. The summed E-state index contributed by atoms with van der Waals surface area (Å²) in [5, 5.41) is 6.89. The molecule has 0 atom stereocenters. The maximum Gasteiger partial charge on any atom is 0.311 e. The van der Waals surface area contributed by atoms with Gasteiger partial charge in [-0.05, 0) is 63.7 Å². The average Bonchev–Trinajstić information content (AvgIpc) is 2.68. The molecule has 4 aromatic carbocycles. The molecule has 0 spiro atoms. The molecule has 0 bridgehead atoms. The number of rotatable bonds is 6. The summed E-state index contributed by atoms with van der Waals surface area (Å²) < 4.78 is 5.71. The summed E-state index contributed by atoms with van der Waals surface area (Å²) in [6.45, 7) is 2.17. The summed E-state index contributed by atoms with van der Waals surface area (Å²) in [5.74, 6) is 0.514. The minimum atomic E-state index is -0.141. The number of hydrogen-bond donors (Lipinski definition) is 0. The Morgan fingerprint density at radius 1 is 0.741 bits per heavy atom. The summed E-state index contributed by atoms with van der Waals surface area (Å²) in [6, 6.07) is 23.0. The van der Waals surface area contributed by atoms with Crippen LogP contribution in [0, 0.1) is 0 Å². The lowest BCUT2D eigenvalue weighted by Gasteiger charge is -2.10. The van der Waals surface area contributed by atoms with Crippen LogP contribution < -0.4 is 4.74 Å². The summed E-state index contributed by atoms with van der Waals surface area (Å²) >= 11 is 0. The second-order valence-electron chi connectivity index (χ2n) is 7.16. The van der Waals surface area contributed by atoms with Gasteiger partial charge in [0.1, 0.15) is 5.75 Å². The van der Waals surface area contributed by atoms with Crippen LogP contribution in [0.2, 0.25) is 0 Å². The lowest BCUT2D eigenvalue weighted by molar-refractivity contribution is -0.134.